The lowest BCUT2D eigenvalue weighted by atomic mass is 9.74. The molecule has 1 aliphatic carbocycles. The lowest BCUT2D eigenvalue weighted by molar-refractivity contribution is -0.150. The van der Waals surface area contributed by atoms with Gasteiger partial charge in [0.2, 0.25) is 0 Å². The maximum absolute atomic E-state index is 11.9. The molecule has 0 saturated heterocycles. The van der Waals surface area contributed by atoms with E-state index >= 15 is 0 Å². The average Bonchev–Trinajstić information content (AvgIpc) is 2.46. The van der Waals surface area contributed by atoms with E-state index in [2.05, 4.69) is 15.5 Å². The SMILES string of the molecule is O=C(NCC1(C(=O)O)CCCCC1)c1ccc(Cl)nn1. The first-order chi connectivity index (χ1) is 9.53. The van der Waals surface area contributed by atoms with Gasteiger partial charge in [-0.25, -0.2) is 0 Å². The van der Waals surface area contributed by atoms with Gasteiger partial charge in [-0.3, -0.25) is 9.59 Å². The van der Waals surface area contributed by atoms with Crippen LogP contribution in [0.3, 0.4) is 0 Å². The van der Waals surface area contributed by atoms with Crippen LogP contribution in [0.1, 0.15) is 42.6 Å². The molecule has 0 radical (unpaired) electrons. The van der Waals surface area contributed by atoms with Crippen LogP contribution in [0.25, 0.3) is 0 Å². The molecule has 7 heteroatoms. The number of carbonyl (C=O) groups excluding carboxylic acids is 1. The van der Waals surface area contributed by atoms with Crippen LogP contribution in [0.15, 0.2) is 12.1 Å². The number of rotatable bonds is 4. The Morgan fingerprint density at radius 3 is 2.50 bits per heavy atom. The van der Waals surface area contributed by atoms with E-state index in [0.29, 0.717) is 12.8 Å². The summed E-state index contributed by atoms with van der Waals surface area (Å²) in [6.07, 6.45) is 3.99. The molecule has 6 nitrogen and oxygen atoms in total. The molecule has 1 fully saturated rings. The van der Waals surface area contributed by atoms with Gasteiger partial charge in [-0.1, -0.05) is 30.9 Å². The smallest absolute Gasteiger partial charge is 0.311 e. The number of halogens is 1. The van der Waals surface area contributed by atoms with Crippen molar-refractivity contribution in [2.75, 3.05) is 6.54 Å². The van der Waals surface area contributed by atoms with Crippen LogP contribution in [0.2, 0.25) is 5.15 Å². The summed E-state index contributed by atoms with van der Waals surface area (Å²) < 4.78 is 0. The molecule has 1 amide bonds. The first kappa shape index (κ1) is 14.7. The first-order valence-electron chi connectivity index (χ1n) is 6.54. The summed E-state index contributed by atoms with van der Waals surface area (Å²) >= 11 is 5.60. The van der Waals surface area contributed by atoms with Crippen molar-refractivity contribution in [3.63, 3.8) is 0 Å². The van der Waals surface area contributed by atoms with Crippen LogP contribution in [0, 0.1) is 5.41 Å². The molecule has 1 aliphatic rings. The number of aromatic nitrogens is 2. The summed E-state index contributed by atoms with van der Waals surface area (Å²) in [5.74, 6) is -1.28. The van der Waals surface area contributed by atoms with Crippen LogP contribution in [0.4, 0.5) is 0 Å². The van der Waals surface area contributed by atoms with E-state index in [1.165, 1.54) is 12.1 Å². The molecule has 1 aromatic heterocycles. The van der Waals surface area contributed by atoms with Gasteiger partial charge in [0.25, 0.3) is 5.91 Å². The highest BCUT2D eigenvalue weighted by atomic mass is 35.5. The zero-order chi connectivity index (χ0) is 14.6. The monoisotopic (exact) mass is 297 g/mol. The van der Waals surface area contributed by atoms with Gasteiger partial charge < -0.3 is 10.4 Å². The second kappa shape index (κ2) is 6.17. The first-order valence-corrected chi connectivity index (χ1v) is 6.92. The third-order valence-corrected chi connectivity index (χ3v) is 3.92. The molecule has 0 bridgehead atoms. The highest BCUT2D eigenvalue weighted by molar-refractivity contribution is 6.29. The van der Waals surface area contributed by atoms with E-state index in [4.69, 9.17) is 11.6 Å². The summed E-state index contributed by atoms with van der Waals surface area (Å²) in [4.78, 5) is 23.4. The molecule has 0 aliphatic heterocycles. The van der Waals surface area contributed by atoms with Crippen molar-refractivity contribution in [3.8, 4) is 0 Å². The molecule has 0 atom stereocenters. The van der Waals surface area contributed by atoms with Crippen molar-refractivity contribution in [2.24, 2.45) is 5.41 Å². The molecule has 2 N–H and O–H groups in total. The van der Waals surface area contributed by atoms with E-state index in [1.807, 2.05) is 0 Å². The van der Waals surface area contributed by atoms with Gasteiger partial charge in [0, 0.05) is 6.54 Å². The van der Waals surface area contributed by atoms with Crippen molar-refractivity contribution >= 4 is 23.5 Å². The van der Waals surface area contributed by atoms with Gasteiger partial charge in [-0.2, -0.15) is 0 Å². The highest BCUT2D eigenvalue weighted by Gasteiger charge is 2.39. The second-order valence-corrected chi connectivity index (χ2v) is 5.46. The molecule has 108 valence electrons. The zero-order valence-corrected chi connectivity index (χ0v) is 11.7. The topological polar surface area (TPSA) is 92.2 Å². The van der Waals surface area contributed by atoms with Crippen molar-refractivity contribution < 1.29 is 14.7 Å². The normalized spacial score (nSPS) is 17.4. The van der Waals surface area contributed by atoms with Gasteiger partial charge >= 0.3 is 5.97 Å². The van der Waals surface area contributed by atoms with Crippen LogP contribution in [0.5, 0.6) is 0 Å². The standard InChI is InChI=1S/C13H16ClN3O3/c14-10-5-4-9(16-17-10)11(18)15-8-13(12(19)20)6-2-1-3-7-13/h4-5H,1-3,6-8H2,(H,15,18)(H,19,20). The number of nitrogens with one attached hydrogen (secondary N) is 1. The Hall–Kier alpha value is -1.69. The van der Waals surface area contributed by atoms with Gasteiger partial charge in [0.05, 0.1) is 5.41 Å². The number of carboxylic acids is 1. The molecule has 0 spiro atoms. The summed E-state index contributed by atoms with van der Waals surface area (Å²) in [6, 6.07) is 2.93. The third kappa shape index (κ3) is 3.25. The number of hydrogen-bond donors (Lipinski definition) is 2. The minimum atomic E-state index is -0.853. The maximum atomic E-state index is 11.9. The molecule has 0 aromatic carbocycles. The van der Waals surface area contributed by atoms with E-state index in [9.17, 15) is 14.7 Å². The fourth-order valence-corrected chi connectivity index (χ4v) is 2.57. The predicted molar refractivity (Wildman–Crippen MR) is 72.5 cm³/mol. The predicted octanol–water partition coefficient (Wildman–Crippen LogP) is 1.89. The minimum absolute atomic E-state index is 0.117. The summed E-state index contributed by atoms with van der Waals surface area (Å²) in [5, 5.41) is 19.5. The Balaban J connectivity index is 2.00. The van der Waals surface area contributed by atoms with Crippen LogP contribution >= 0.6 is 11.6 Å². The molecule has 1 heterocycles. The van der Waals surface area contributed by atoms with Crippen LogP contribution in [-0.4, -0.2) is 33.7 Å². The fourth-order valence-electron chi connectivity index (χ4n) is 2.47. The van der Waals surface area contributed by atoms with Crippen molar-refractivity contribution in [1.29, 1.82) is 0 Å². The van der Waals surface area contributed by atoms with Crippen LogP contribution < -0.4 is 5.32 Å². The Morgan fingerprint density at radius 1 is 1.25 bits per heavy atom. The average molecular weight is 298 g/mol. The molecular weight excluding hydrogens is 282 g/mol. The number of carboxylic acid groups (broad SMARTS) is 1. The Morgan fingerprint density at radius 2 is 1.95 bits per heavy atom. The number of amides is 1. The van der Waals surface area contributed by atoms with E-state index in [0.717, 1.165) is 19.3 Å². The Labute approximate surface area is 121 Å². The van der Waals surface area contributed by atoms with Gasteiger partial charge in [0.1, 0.15) is 0 Å². The lowest BCUT2D eigenvalue weighted by Crippen LogP contribution is -2.44. The second-order valence-electron chi connectivity index (χ2n) is 5.07. The third-order valence-electron chi connectivity index (χ3n) is 3.72. The van der Waals surface area contributed by atoms with Crippen LogP contribution in [-0.2, 0) is 4.79 Å². The molecule has 1 aromatic rings. The minimum Gasteiger partial charge on any atom is -0.481 e. The number of nitrogens with zero attached hydrogens (tertiary/aromatic N) is 2. The lowest BCUT2D eigenvalue weighted by Gasteiger charge is -2.33. The Bertz CT molecular complexity index is 498. The van der Waals surface area contributed by atoms with Crippen molar-refractivity contribution in [3.05, 3.63) is 23.0 Å². The van der Waals surface area contributed by atoms with E-state index in [-0.39, 0.29) is 17.4 Å². The van der Waals surface area contributed by atoms with E-state index < -0.39 is 17.3 Å². The molecule has 0 unspecified atom stereocenters. The molecule has 2 rings (SSSR count). The molecule has 1 saturated carbocycles. The van der Waals surface area contributed by atoms with Gasteiger partial charge in [-0.05, 0) is 25.0 Å². The summed E-state index contributed by atoms with van der Waals surface area (Å²) in [5.41, 5.74) is -0.723. The molecular formula is C13H16ClN3O3. The quantitative estimate of drug-likeness (QED) is 0.885. The summed E-state index contributed by atoms with van der Waals surface area (Å²) in [7, 11) is 0. The van der Waals surface area contributed by atoms with Crippen molar-refractivity contribution in [2.45, 2.75) is 32.1 Å². The largest absolute Gasteiger partial charge is 0.481 e. The fraction of sp³-hybridized carbons (Fsp3) is 0.538. The number of hydrogen-bond acceptors (Lipinski definition) is 4. The Kier molecular flexibility index (Phi) is 4.54. The van der Waals surface area contributed by atoms with Gasteiger partial charge in [-0.15, -0.1) is 10.2 Å². The van der Waals surface area contributed by atoms with E-state index in [1.54, 1.807) is 0 Å². The number of carbonyl (C=O) groups is 2. The highest BCUT2D eigenvalue weighted by Crippen LogP contribution is 2.36. The maximum Gasteiger partial charge on any atom is 0.311 e. The molecule has 20 heavy (non-hydrogen) atoms. The van der Waals surface area contributed by atoms with Crippen molar-refractivity contribution in [1.82, 2.24) is 15.5 Å². The number of aliphatic carboxylic acids is 1. The van der Waals surface area contributed by atoms with Gasteiger partial charge in [0.15, 0.2) is 10.8 Å². The summed E-state index contributed by atoms with van der Waals surface area (Å²) in [6.45, 7) is 0.117. The zero-order valence-electron chi connectivity index (χ0n) is 10.9.